The summed E-state index contributed by atoms with van der Waals surface area (Å²) in [5.41, 5.74) is 6.35. The molecule has 0 aliphatic rings. The van der Waals surface area contributed by atoms with Crippen LogP contribution in [0.2, 0.25) is 0 Å². The van der Waals surface area contributed by atoms with Gasteiger partial charge < -0.3 is 10.8 Å². The van der Waals surface area contributed by atoms with E-state index >= 15 is 0 Å². The van der Waals surface area contributed by atoms with Crippen molar-refractivity contribution in [2.45, 2.75) is 6.42 Å². The fourth-order valence-electron chi connectivity index (χ4n) is 0.107. The van der Waals surface area contributed by atoms with Gasteiger partial charge in [-0.1, -0.05) is 0 Å². The van der Waals surface area contributed by atoms with Crippen molar-refractivity contribution in [1.82, 2.24) is 0 Å². The Morgan fingerprint density at radius 3 is 2.14 bits per heavy atom. The van der Waals surface area contributed by atoms with E-state index in [4.69, 9.17) is 10.8 Å². The van der Waals surface area contributed by atoms with Crippen LogP contribution in [0.4, 0.5) is 0 Å². The topological polar surface area (TPSA) is 61.1 Å². The van der Waals surface area contributed by atoms with Gasteiger partial charge in [-0.15, -0.1) is 6.54 Å². The molecule has 0 saturated carbocycles. The molecule has 0 fully saturated rings. The molecule has 0 aliphatic carbocycles. The van der Waals surface area contributed by atoms with Crippen LogP contribution in [0.1, 0.15) is 6.42 Å². The van der Waals surface area contributed by atoms with Gasteiger partial charge in [0.2, 0.25) is 0 Å². The first-order valence-electron chi connectivity index (χ1n) is 1.63. The summed E-state index contributed by atoms with van der Waals surface area (Å²) in [5, 5.41) is 7.79. The fourth-order valence-corrected chi connectivity index (χ4v) is 0.107. The van der Waals surface area contributed by atoms with Gasteiger partial charge in [-0.3, -0.25) is 4.79 Å². The second-order valence-electron chi connectivity index (χ2n) is 0.894. The Bertz CT molecular complexity index is 56.9. The van der Waals surface area contributed by atoms with Gasteiger partial charge >= 0.3 is 35.5 Å². The van der Waals surface area contributed by atoms with Crippen molar-refractivity contribution >= 4 is 5.97 Å². The van der Waals surface area contributed by atoms with Crippen molar-refractivity contribution in [2.24, 2.45) is 0 Å². The molecule has 0 radical (unpaired) electrons. The van der Waals surface area contributed by atoms with E-state index in [0.29, 0.717) is 0 Å². The number of hydrogen-bond donors (Lipinski definition) is 1. The first kappa shape index (κ1) is 10.4. The van der Waals surface area contributed by atoms with Crippen LogP contribution >= 0.6 is 0 Å². The van der Waals surface area contributed by atoms with Gasteiger partial charge in [0.25, 0.3) is 0 Å². The number of carboxylic acid groups (broad SMARTS) is 1. The molecule has 0 spiro atoms. The molecule has 0 unspecified atom stereocenters. The van der Waals surface area contributed by atoms with Crippen LogP contribution in [-0.4, -0.2) is 17.6 Å². The number of rotatable bonds is 2. The maximum absolute atomic E-state index is 9.48. The third-order valence-electron chi connectivity index (χ3n) is 0.339. The molecule has 4 heteroatoms. The van der Waals surface area contributed by atoms with Crippen LogP contribution < -0.4 is 29.6 Å². The van der Waals surface area contributed by atoms with E-state index in [1.54, 1.807) is 0 Å². The Morgan fingerprint density at radius 2 is 2.14 bits per heavy atom. The minimum Gasteiger partial charge on any atom is -0.677 e. The van der Waals surface area contributed by atoms with Crippen LogP contribution in [-0.2, 0) is 4.79 Å². The van der Waals surface area contributed by atoms with Gasteiger partial charge in [-0.25, -0.2) is 0 Å². The monoisotopic (exact) mass is 111 g/mol. The third kappa shape index (κ3) is 10.7. The van der Waals surface area contributed by atoms with Crippen LogP contribution in [0.15, 0.2) is 0 Å². The van der Waals surface area contributed by atoms with E-state index in [9.17, 15) is 4.79 Å². The molecule has 0 heterocycles. The minimum atomic E-state index is -0.898. The van der Waals surface area contributed by atoms with Crippen molar-refractivity contribution in [3.63, 3.8) is 0 Å². The summed E-state index contributed by atoms with van der Waals surface area (Å²) in [7, 11) is 0. The van der Waals surface area contributed by atoms with Crippen molar-refractivity contribution in [2.75, 3.05) is 6.54 Å². The Labute approximate surface area is 64.2 Å². The molecule has 36 valence electrons. The number of nitrogens with one attached hydrogen (secondary N) is 1. The average Bonchev–Trinajstić information content (AvgIpc) is 1.35. The van der Waals surface area contributed by atoms with Crippen LogP contribution in [0, 0.1) is 0 Å². The zero-order valence-corrected chi connectivity index (χ0v) is 6.27. The maximum Gasteiger partial charge on any atom is 1.00 e. The first-order chi connectivity index (χ1) is 2.77. The van der Waals surface area contributed by atoms with E-state index < -0.39 is 5.97 Å². The molecule has 0 aromatic carbocycles. The van der Waals surface area contributed by atoms with Gasteiger partial charge in [0.05, 0.1) is 0 Å². The second-order valence-corrected chi connectivity index (χ2v) is 0.894. The Balaban J connectivity index is 0. The Morgan fingerprint density at radius 1 is 1.71 bits per heavy atom. The Hall–Kier alpha value is 0.430. The smallest absolute Gasteiger partial charge is 0.677 e. The minimum absolute atomic E-state index is 0. The van der Waals surface area contributed by atoms with Crippen LogP contribution in [0.3, 0.4) is 0 Å². The van der Waals surface area contributed by atoms with Crippen molar-refractivity contribution in [3.05, 3.63) is 5.73 Å². The van der Waals surface area contributed by atoms with Gasteiger partial charge in [0, 0.05) is 6.42 Å². The number of hydrogen-bond acceptors (Lipinski definition) is 1. The normalized spacial score (nSPS) is 7.00. The van der Waals surface area contributed by atoms with Crippen molar-refractivity contribution in [3.8, 4) is 0 Å². The summed E-state index contributed by atoms with van der Waals surface area (Å²) in [4.78, 5) is 9.48. The number of carboxylic acids is 1. The summed E-state index contributed by atoms with van der Waals surface area (Å²) < 4.78 is 0. The number of carbonyl (C=O) groups is 1. The van der Waals surface area contributed by atoms with Gasteiger partial charge in [-0.05, 0) is 0 Å². The van der Waals surface area contributed by atoms with Gasteiger partial charge in [-0.2, -0.15) is 0 Å². The molecule has 0 atom stereocenters. The van der Waals surface area contributed by atoms with E-state index in [1.807, 2.05) is 0 Å². The molecule has 0 aromatic heterocycles. The molecule has 0 aromatic rings. The van der Waals surface area contributed by atoms with E-state index in [1.165, 1.54) is 0 Å². The maximum atomic E-state index is 9.48. The molecule has 7 heavy (non-hydrogen) atoms. The van der Waals surface area contributed by atoms with Gasteiger partial charge in [0.15, 0.2) is 0 Å². The largest absolute Gasteiger partial charge is 1.00 e. The van der Waals surface area contributed by atoms with Gasteiger partial charge in [0.1, 0.15) is 0 Å². The standard InChI is InChI=1S/C3H6NO2.Na/c4-2-1-3(5)6;/h4H,1-2H2,(H,5,6);/q-1;+1. The predicted molar refractivity (Wildman–Crippen MR) is 21.4 cm³/mol. The molecule has 0 rings (SSSR count). The molecular formula is C3H6NNaO2. The zero-order valence-electron chi connectivity index (χ0n) is 4.27. The predicted octanol–water partition coefficient (Wildman–Crippen LogP) is -2.48. The second kappa shape index (κ2) is 6.43. The van der Waals surface area contributed by atoms with Crippen molar-refractivity contribution < 1.29 is 39.5 Å². The fraction of sp³-hybridized carbons (Fsp3) is 0.667. The summed E-state index contributed by atoms with van der Waals surface area (Å²) in [6.45, 7) is -0.0185. The van der Waals surface area contributed by atoms with Crippen LogP contribution in [0.25, 0.3) is 5.73 Å². The SMILES string of the molecule is [NH-]CCC(=O)O.[Na+]. The zero-order chi connectivity index (χ0) is 4.99. The molecular weight excluding hydrogens is 105 g/mol. The molecule has 0 amide bonds. The molecule has 3 nitrogen and oxygen atoms in total. The summed E-state index contributed by atoms with van der Waals surface area (Å²) >= 11 is 0. The number of aliphatic carboxylic acids is 1. The Kier molecular flexibility index (Phi) is 9.57. The summed E-state index contributed by atoms with van der Waals surface area (Å²) in [5.74, 6) is -0.898. The van der Waals surface area contributed by atoms with E-state index in [0.717, 1.165) is 0 Å². The molecule has 0 aliphatic heterocycles. The third-order valence-corrected chi connectivity index (χ3v) is 0.339. The van der Waals surface area contributed by atoms with E-state index in [2.05, 4.69) is 0 Å². The quantitative estimate of drug-likeness (QED) is 0.401. The molecule has 0 saturated heterocycles. The van der Waals surface area contributed by atoms with Crippen molar-refractivity contribution in [1.29, 1.82) is 0 Å². The summed E-state index contributed by atoms with van der Waals surface area (Å²) in [6, 6.07) is 0. The van der Waals surface area contributed by atoms with Crippen LogP contribution in [0.5, 0.6) is 0 Å². The molecule has 0 bridgehead atoms. The summed E-state index contributed by atoms with van der Waals surface area (Å²) in [6.07, 6.45) is -0.0417. The molecule has 2 N–H and O–H groups in total. The average molecular weight is 111 g/mol. The first-order valence-corrected chi connectivity index (χ1v) is 1.63. The van der Waals surface area contributed by atoms with E-state index in [-0.39, 0.29) is 42.5 Å².